The summed E-state index contributed by atoms with van der Waals surface area (Å²) in [4.78, 5) is 17.7. The largest absolute Gasteiger partial charge is 0.340 e. The van der Waals surface area contributed by atoms with Crippen LogP contribution in [0.1, 0.15) is 51.4 Å². The number of hydrogen-bond acceptors (Lipinski definition) is 3. The van der Waals surface area contributed by atoms with Gasteiger partial charge in [0.1, 0.15) is 0 Å². The molecule has 1 amide bonds. The van der Waals surface area contributed by atoms with E-state index in [9.17, 15) is 4.79 Å². The van der Waals surface area contributed by atoms with Gasteiger partial charge in [0.2, 0.25) is 5.91 Å². The van der Waals surface area contributed by atoms with Crippen LogP contribution in [-0.4, -0.2) is 60.0 Å². The van der Waals surface area contributed by atoms with Gasteiger partial charge >= 0.3 is 0 Å². The van der Waals surface area contributed by atoms with E-state index in [1.54, 1.807) is 0 Å². The highest BCUT2D eigenvalue weighted by Gasteiger charge is 2.40. The molecule has 4 heteroatoms. The second-order valence-corrected chi connectivity index (χ2v) is 7.58. The number of carbonyl (C=O) groups excluding carboxylic acids is 1. The zero-order valence-corrected chi connectivity index (χ0v) is 13.1. The first-order valence-corrected chi connectivity index (χ1v) is 9.10. The molecule has 4 nitrogen and oxygen atoms in total. The lowest BCUT2D eigenvalue weighted by Gasteiger charge is -2.28. The van der Waals surface area contributed by atoms with Crippen LogP contribution in [0.3, 0.4) is 0 Å². The molecule has 1 N–H and O–H groups in total. The van der Waals surface area contributed by atoms with E-state index in [2.05, 4.69) is 15.1 Å². The molecule has 4 fully saturated rings. The number of nitrogens with zero attached hydrogens (tertiary/aromatic N) is 2. The van der Waals surface area contributed by atoms with Crippen molar-refractivity contribution in [2.75, 3.05) is 26.2 Å². The first-order valence-electron chi connectivity index (χ1n) is 9.10. The number of nitrogens with one attached hydrogen (secondary N) is 1. The fourth-order valence-corrected chi connectivity index (χ4v) is 5.14. The van der Waals surface area contributed by atoms with Crippen LogP contribution in [0.2, 0.25) is 0 Å². The highest BCUT2D eigenvalue weighted by atomic mass is 16.2. The number of amides is 1. The van der Waals surface area contributed by atoms with Crippen molar-refractivity contribution in [3.63, 3.8) is 0 Å². The lowest BCUT2D eigenvalue weighted by atomic mass is 9.85. The Morgan fingerprint density at radius 1 is 0.952 bits per heavy atom. The van der Waals surface area contributed by atoms with Crippen LogP contribution in [0.4, 0.5) is 0 Å². The molecule has 0 radical (unpaired) electrons. The highest BCUT2D eigenvalue weighted by molar-refractivity contribution is 5.82. The van der Waals surface area contributed by atoms with Crippen molar-refractivity contribution in [1.29, 1.82) is 0 Å². The molecule has 0 aromatic heterocycles. The van der Waals surface area contributed by atoms with Gasteiger partial charge < -0.3 is 10.2 Å². The summed E-state index contributed by atoms with van der Waals surface area (Å²) < 4.78 is 0. The SMILES string of the molecule is O=C(C1CC2CCCCC2N1)N1CCCN2CCCC2C1. The van der Waals surface area contributed by atoms with Gasteiger partial charge in [-0.15, -0.1) is 0 Å². The van der Waals surface area contributed by atoms with Crippen LogP contribution < -0.4 is 5.32 Å². The molecule has 4 aliphatic rings. The van der Waals surface area contributed by atoms with Gasteiger partial charge in [-0.25, -0.2) is 0 Å². The summed E-state index contributed by atoms with van der Waals surface area (Å²) in [7, 11) is 0. The second-order valence-electron chi connectivity index (χ2n) is 7.58. The molecule has 0 spiro atoms. The van der Waals surface area contributed by atoms with E-state index in [-0.39, 0.29) is 6.04 Å². The summed E-state index contributed by atoms with van der Waals surface area (Å²) in [6, 6.07) is 1.38. The first-order chi connectivity index (χ1) is 10.3. The minimum absolute atomic E-state index is 0.117. The van der Waals surface area contributed by atoms with Crippen molar-refractivity contribution in [2.24, 2.45) is 5.92 Å². The van der Waals surface area contributed by atoms with Crippen molar-refractivity contribution >= 4 is 5.91 Å². The molecule has 4 rings (SSSR count). The Morgan fingerprint density at radius 2 is 1.81 bits per heavy atom. The predicted octanol–water partition coefficient (Wildman–Crippen LogP) is 1.60. The van der Waals surface area contributed by atoms with E-state index in [0.717, 1.165) is 31.8 Å². The third kappa shape index (κ3) is 2.72. The molecule has 0 aromatic carbocycles. The third-order valence-corrected chi connectivity index (χ3v) is 6.28. The van der Waals surface area contributed by atoms with E-state index in [0.29, 0.717) is 18.0 Å². The fraction of sp³-hybridized carbons (Fsp3) is 0.941. The zero-order valence-electron chi connectivity index (χ0n) is 13.1. The quantitative estimate of drug-likeness (QED) is 0.797. The van der Waals surface area contributed by atoms with Gasteiger partial charge in [0.15, 0.2) is 0 Å². The maximum Gasteiger partial charge on any atom is 0.239 e. The number of carbonyl (C=O) groups is 1. The lowest BCUT2D eigenvalue weighted by molar-refractivity contribution is -0.133. The van der Waals surface area contributed by atoms with Crippen LogP contribution in [0, 0.1) is 5.92 Å². The zero-order chi connectivity index (χ0) is 14.2. The Morgan fingerprint density at radius 3 is 2.71 bits per heavy atom. The predicted molar refractivity (Wildman–Crippen MR) is 83.1 cm³/mol. The maximum absolute atomic E-state index is 12.9. The molecule has 4 unspecified atom stereocenters. The van der Waals surface area contributed by atoms with E-state index in [4.69, 9.17) is 0 Å². The Balaban J connectivity index is 1.40. The normalized spacial score (nSPS) is 40.7. The van der Waals surface area contributed by atoms with Crippen molar-refractivity contribution in [2.45, 2.75) is 69.5 Å². The van der Waals surface area contributed by atoms with Gasteiger partial charge in [-0.05, 0) is 51.0 Å². The Hall–Kier alpha value is -0.610. The monoisotopic (exact) mass is 291 g/mol. The molecule has 21 heavy (non-hydrogen) atoms. The summed E-state index contributed by atoms with van der Waals surface area (Å²) in [5.74, 6) is 1.17. The summed E-state index contributed by atoms with van der Waals surface area (Å²) >= 11 is 0. The standard InChI is InChI=1S/C17H29N3O/c21-17(16-11-13-5-1-2-7-15(13)18-16)20-10-4-9-19-8-3-6-14(19)12-20/h13-16,18H,1-12H2. The molecule has 3 saturated heterocycles. The summed E-state index contributed by atoms with van der Waals surface area (Å²) in [5.41, 5.74) is 0. The van der Waals surface area contributed by atoms with Gasteiger partial charge in [-0.1, -0.05) is 12.8 Å². The van der Waals surface area contributed by atoms with Crippen LogP contribution in [-0.2, 0) is 4.79 Å². The van der Waals surface area contributed by atoms with Gasteiger partial charge in [-0.2, -0.15) is 0 Å². The molecule has 4 atom stereocenters. The van der Waals surface area contributed by atoms with E-state index >= 15 is 0 Å². The molecule has 0 aromatic rings. The van der Waals surface area contributed by atoms with Crippen molar-refractivity contribution < 1.29 is 4.79 Å². The van der Waals surface area contributed by atoms with Crippen LogP contribution in [0.25, 0.3) is 0 Å². The summed E-state index contributed by atoms with van der Waals surface area (Å²) in [6.07, 6.45) is 10.2. The van der Waals surface area contributed by atoms with Gasteiger partial charge in [-0.3, -0.25) is 9.69 Å². The number of fused-ring (bicyclic) bond motifs is 2. The van der Waals surface area contributed by atoms with Crippen LogP contribution in [0.5, 0.6) is 0 Å². The molecule has 0 bridgehead atoms. The molecular formula is C17H29N3O. The Bertz CT molecular complexity index is 385. The van der Waals surface area contributed by atoms with Crippen molar-refractivity contribution in [3.8, 4) is 0 Å². The van der Waals surface area contributed by atoms with Gasteiger partial charge in [0.25, 0.3) is 0 Å². The third-order valence-electron chi connectivity index (χ3n) is 6.28. The number of rotatable bonds is 1. The van der Waals surface area contributed by atoms with E-state index in [1.807, 2.05) is 0 Å². The minimum atomic E-state index is 0.117. The molecule has 3 heterocycles. The topological polar surface area (TPSA) is 35.6 Å². The van der Waals surface area contributed by atoms with E-state index < -0.39 is 0 Å². The first kappa shape index (κ1) is 14.0. The minimum Gasteiger partial charge on any atom is -0.340 e. The van der Waals surface area contributed by atoms with Crippen molar-refractivity contribution in [3.05, 3.63) is 0 Å². The van der Waals surface area contributed by atoms with Crippen molar-refractivity contribution in [1.82, 2.24) is 15.1 Å². The Labute approximate surface area is 128 Å². The second kappa shape index (κ2) is 5.88. The van der Waals surface area contributed by atoms with Crippen LogP contribution >= 0.6 is 0 Å². The van der Waals surface area contributed by atoms with E-state index in [1.165, 1.54) is 51.6 Å². The molecule has 3 aliphatic heterocycles. The fourth-order valence-electron chi connectivity index (χ4n) is 5.14. The number of hydrogen-bond donors (Lipinski definition) is 1. The molecule has 1 aliphatic carbocycles. The smallest absolute Gasteiger partial charge is 0.239 e. The van der Waals surface area contributed by atoms with Gasteiger partial charge in [0.05, 0.1) is 6.04 Å². The van der Waals surface area contributed by atoms with Gasteiger partial charge in [0, 0.05) is 31.7 Å². The summed E-state index contributed by atoms with van der Waals surface area (Å²) in [5, 5.41) is 3.67. The molecule has 1 saturated carbocycles. The lowest BCUT2D eigenvalue weighted by Crippen LogP contribution is -2.48. The average molecular weight is 291 g/mol. The summed E-state index contributed by atoms with van der Waals surface area (Å²) in [6.45, 7) is 4.39. The Kier molecular flexibility index (Phi) is 3.92. The average Bonchev–Trinajstić information content (AvgIpc) is 3.08. The molecule has 118 valence electrons. The maximum atomic E-state index is 12.9. The molecular weight excluding hydrogens is 262 g/mol. The van der Waals surface area contributed by atoms with Crippen LogP contribution in [0.15, 0.2) is 0 Å². The highest BCUT2D eigenvalue weighted by Crippen LogP contribution is 2.34.